The predicted octanol–water partition coefficient (Wildman–Crippen LogP) is 21.3. The molecule has 402 valence electrons. The Bertz CT molecular complexity index is 3780. The minimum Gasteiger partial charge on any atom is -0.311 e. The average Bonchev–Trinajstić information content (AvgIpc) is 3.77. The van der Waals surface area contributed by atoms with E-state index in [-0.39, 0.29) is 0 Å². The minimum atomic E-state index is 0.850. The molecule has 2 heterocycles. The maximum atomic E-state index is 4.73. The van der Waals surface area contributed by atoms with Gasteiger partial charge in [0.1, 0.15) is 11.6 Å². The molecule has 0 spiro atoms. The number of anilines is 18. The molecule has 0 aliphatic carbocycles. The summed E-state index contributed by atoms with van der Waals surface area (Å²) in [5.41, 5.74) is 16.6. The van der Waals surface area contributed by atoms with Gasteiger partial charge in [-0.05, 0) is 218 Å². The monoisotopic (exact) mass is 1080 g/mol. The van der Waals surface area contributed by atoms with Gasteiger partial charge in [-0.2, -0.15) is 0 Å². The van der Waals surface area contributed by atoms with Gasteiger partial charge in [0.2, 0.25) is 0 Å². The number of nitrogens with zero attached hydrogens (tertiary/aromatic N) is 8. The molecule has 0 radical (unpaired) electrons. The van der Waals surface area contributed by atoms with Gasteiger partial charge in [0.15, 0.2) is 0 Å². The third-order valence-electron chi connectivity index (χ3n) is 14.7. The van der Waals surface area contributed by atoms with Gasteiger partial charge in [-0.25, -0.2) is 9.97 Å². The number of hydrogen-bond donors (Lipinski definition) is 0. The molecule has 2 aromatic heterocycles. The highest BCUT2D eigenvalue weighted by Gasteiger charge is 2.22. The van der Waals surface area contributed by atoms with Crippen molar-refractivity contribution < 1.29 is 0 Å². The van der Waals surface area contributed by atoms with Gasteiger partial charge in [-0.3, -0.25) is 9.80 Å². The maximum absolute atomic E-state index is 4.73. The van der Waals surface area contributed by atoms with E-state index in [9.17, 15) is 0 Å². The molecule has 8 nitrogen and oxygen atoms in total. The SMILES string of the molecule is c1ccc(N(c2ccc(N(c3ccccc3)c3ccc(N(c4ccccc4)c4ccc(N(c5ccccc5)c5ccccn5)cc4)cc3)cc2)c2ccc(N(c3ccccc3)c3ccc(N(c4ccccc4)c4ccccn4)cc3)cc2)cc1. The van der Waals surface area contributed by atoms with Gasteiger partial charge in [0.05, 0.1) is 0 Å². The molecule has 0 N–H and O–H groups in total. The van der Waals surface area contributed by atoms with Gasteiger partial charge in [0, 0.05) is 103 Å². The van der Waals surface area contributed by atoms with E-state index in [4.69, 9.17) is 9.97 Å². The first kappa shape index (κ1) is 51.9. The molecule has 0 amide bonds. The van der Waals surface area contributed by atoms with Gasteiger partial charge in [-0.15, -0.1) is 0 Å². The van der Waals surface area contributed by atoms with E-state index in [1.807, 2.05) is 60.9 Å². The van der Waals surface area contributed by atoms with Gasteiger partial charge in [-0.1, -0.05) is 121 Å². The third-order valence-corrected chi connectivity index (χ3v) is 14.7. The van der Waals surface area contributed by atoms with Crippen LogP contribution < -0.4 is 29.4 Å². The number of para-hydroxylation sites is 6. The summed E-state index contributed by atoms with van der Waals surface area (Å²) in [6, 6.07) is 119. The molecule has 0 bridgehead atoms. The Labute approximate surface area is 491 Å². The van der Waals surface area contributed by atoms with Crippen LogP contribution in [-0.2, 0) is 0 Å². The smallest absolute Gasteiger partial charge is 0.137 e. The average molecular weight is 1080 g/mol. The molecule has 0 aliphatic heterocycles. The summed E-state index contributed by atoms with van der Waals surface area (Å²) in [6.45, 7) is 0. The zero-order valence-electron chi connectivity index (χ0n) is 46.1. The lowest BCUT2D eigenvalue weighted by atomic mass is 10.1. The first-order valence-corrected chi connectivity index (χ1v) is 28.1. The number of hydrogen-bond acceptors (Lipinski definition) is 8. The normalized spacial score (nSPS) is 10.9. The van der Waals surface area contributed by atoms with Crippen molar-refractivity contribution in [3.63, 3.8) is 0 Å². The molecule has 84 heavy (non-hydrogen) atoms. The summed E-state index contributed by atoms with van der Waals surface area (Å²) in [5.74, 6) is 1.70. The molecule has 0 aliphatic rings. The lowest BCUT2D eigenvalue weighted by Gasteiger charge is -2.30. The van der Waals surface area contributed by atoms with Crippen LogP contribution in [0.5, 0.6) is 0 Å². The van der Waals surface area contributed by atoms with Gasteiger partial charge < -0.3 is 19.6 Å². The van der Waals surface area contributed by atoms with E-state index in [1.165, 1.54) is 0 Å². The fraction of sp³-hybridized carbons (Fsp3) is 0. The third kappa shape index (κ3) is 11.2. The molecule has 8 heteroatoms. The van der Waals surface area contributed by atoms with Crippen molar-refractivity contribution in [3.8, 4) is 0 Å². The van der Waals surface area contributed by atoms with Crippen LogP contribution in [0.15, 0.2) is 352 Å². The number of rotatable bonds is 18. The second kappa shape index (κ2) is 24.5. The number of pyridine rings is 2. The largest absolute Gasteiger partial charge is 0.311 e. The highest BCUT2D eigenvalue weighted by molar-refractivity contribution is 5.86. The summed E-state index contributed by atoms with van der Waals surface area (Å²) in [5, 5.41) is 0. The van der Waals surface area contributed by atoms with Crippen LogP contribution in [-0.4, -0.2) is 9.97 Å². The molecule has 0 atom stereocenters. The fourth-order valence-corrected chi connectivity index (χ4v) is 10.8. The summed E-state index contributed by atoms with van der Waals surface area (Å²) in [7, 11) is 0. The zero-order valence-corrected chi connectivity index (χ0v) is 46.1. The molecule has 0 fully saturated rings. The van der Waals surface area contributed by atoms with Crippen LogP contribution >= 0.6 is 0 Å². The molecule has 0 saturated carbocycles. The van der Waals surface area contributed by atoms with E-state index in [0.29, 0.717) is 0 Å². The lowest BCUT2D eigenvalue weighted by molar-refractivity contribution is 1.18. The van der Waals surface area contributed by atoms with Gasteiger partial charge >= 0.3 is 0 Å². The van der Waals surface area contributed by atoms with Crippen molar-refractivity contribution in [2.45, 2.75) is 0 Å². The highest BCUT2D eigenvalue weighted by atomic mass is 15.2. The topological polar surface area (TPSA) is 45.2 Å². The lowest BCUT2D eigenvalue weighted by Crippen LogP contribution is -2.14. The first-order chi connectivity index (χ1) is 41.7. The number of aromatic nitrogens is 2. The first-order valence-electron chi connectivity index (χ1n) is 28.1. The van der Waals surface area contributed by atoms with Crippen molar-refractivity contribution in [1.29, 1.82) is 0 Å². The molecule has 13 aromatic rings. The van der Waals surface area contributed by atoms with E-state index < -0.39 is 0 Å². The number of benzene rings is 11. The molecular formula is C76H58N8. The Morgan fingerprint density at radius 1 is 0.131 bits per heavy atom. The van der Waals surface area contributed by atoms with Crippen molar-refractivity contribution in [2.24, 2.45) is 0 Å². The Balaban J connectivity index is 0.805. The summed E-state index contributed by atoms with van der Waals surface area (Å²) in [6.07, 6.45) is 3.67. The zero-order chi connectivity index (χ0) is 56.3. The van der Waals surface area contributed by atoms with Crippen molar-refractivity contribution >= 4 is 103 Å². The van der Waals surface area contributed by atoms with Crippen LogP contribution in [0.3, 0.4) is 0 Å². The summed E-state index contributed by atoms with van der Waals surface area (Å²) >= 11 is 0. The highest BCUT2D eigenvalue weighted by Crippen LogP contribution is 2.44. The van der Waals surface area contributed by atoms with Crippen LogP contribution in [0.1, 0.15) is 0 Å². The molecule has 0 saturated heterocycles. The van der Waals surface area contributed by atoms with E-state index in [1.54, 1.807) is 0 Å². The quantitative estimate of drug-likeness (QED) is 0.0842. The summed E-state index contributed by atoms with van der Waals surface area (Å²) < 4.78 is 0. The second-order valence-corrected chi connectivity index (χ2v) is 20.0. The van der Waals surface area contributed by atoms with Gasteiger partial charge in [0.25, 0.3) is 0 Å². The minimum absolute atomic E-state index is 0.850. The molecule has 0 unspecified atom stereocenters. The van der Waals surface area contributed by atoms with Crippen molar-refractivity contribution in [1.82, 2.24) is 9.97 Å². The Morgan fingerprint density at radius 3 is 0.440 bits per heavy atom. The van der Waals surface area contributed by atoms with Crippen LogP contribution in [0.25, 0.3) is 0 Å². The Morgan fingerprint density at radius 2 is 0.274 bits per heavy atom. The van der Waals surface area contributed by atoms with Crippen LogP contribution in [0.2, 0.25) is 0 Å². The predicted molar refractivity (Wildman–Crippen MR) is 350 cm³/mol. The van der Waals surface area contributed by atoms with Crippen molar-refractivity contribution in [3.05, 3.63) is 352 Å². The van der Waals surface area contributed by atoms with Crippen LogP contribution in [0, 0.1) is 0 Å². The van der Waals surface area contributed by atoms with E-state index >= 15 is 0 Å². The fourth-order valence-electron chi connectivity index (χ4n) is 10.8. The molecule has 13 rings (SSSR count). The summed E-state index contributed by atoms with van der Waals surface area (Å²) in [4.78, 5) is 23.1. The maximum Gasteiger partial charge on any atom is 0.137 e. The molecule has 11 aromatic carbocycles. The van der Waals surface area contributed by atoms with Crippen molar-refractivity contribution in [2.75, 3.05) is 29.4 Å². The Hall–Kier alpha value is -11.5. The molecular weight excluding hydrogens is 1020 g/mol. The second-order valence-electron chi connectivity index (χ2n) is 20.0. The standard InChI is InChI=1S/C76H58N8/c1-7-23-59(24-8-1)79(67-41-45-69(46-42-67)81(61-27-11-3-12-28-61)71-49-53-73(54-50-71)83(63-31-15-5-16-32-63)75-35-19-21-57-77-75)65-37-39-66(40-38-65)80(60-25-9-2-10-26-60)68-43-47-70(48-44-68)82(62-29-13-4-14-30-62)72-51-55-74(56-52-72)84(64-33-17-6-18-34-64)76-36-20-22-58-78-76/h1-58H. The van der Waals surface area contributed by atoms with E-state index in [0.717, 1.165) is 103 Å². The Kier molecular flexibility index (Phi) is 15.1. The van der Waals surface area contributed by atoms with Crippen LogP contribution in [0.4, 0.5) is 103 Å². The van der Waals surface area contributed by atoms with E-state index in [2.05, 4.69) is 321 Å².